The zero-order valence-electron chi connectivity index (χ0n) is 12.2. The lowest BCUT2D eigenvalue weighted by molar-refractivity contribution is -0.147. The molecule has 0 unspecified atom stereocenters. The summed E-state index contributed by atoms with van der Waals surface area (Å²) < 4.78 is 10.6. The monoisotopic (exact) mass is 285 g/mol. The Kier molecular flexibility index (Phi) is 4.82. The van der Waals surface area contributed by atoms with Crippen LogP contribution >= 0.6 is 0 Å². The third kappa shape index (κ3) is 3.61. The van der Waals surface area contributed by atoms with Gasteiger partial charge in [0.05, 0.1) is 12.2 Å². The number of nitrogens with one attached hydrogen (secondary N) is 1. The van der Waals surface area contributed by atoms with Crippen LogP contribution in [0, 0.1) is 0 Å². The van der Waals surface area contributed by atoms with Crippen molar-refractivity contribution in [2.75, 3.05) is 52.5 Å². The zero-order chi connectivity index (χ0) is 14.6. The summed E-state index contributed by atoms with van der Waals surface area (Å²) in [6, 6.07) is 0. The average Bonchev–Trinajstić information content (AvgIpc) is 2.43. The summed E-state index contributed by atoms with van der Waals surface area (Å²) in [7, 11) is 0. The first kappa shape index (κ1) is 15.1. The lowest BCUT2D eigenvalue weighted by Gasteiger charge is -2.40. The smallest absolute Gasteiger partial charge is 0.409 e. The predicted octanol–water partition coefficient (Wildman–Crippen LogP) is -0.334. The van der Waals surface area contributed by atoms with Gasteiger partial charge in [0.1, 0.15) is 6.61 Å². The maximum absolute atomic E-state index is 12.0. The highest BCUT2D eigenvalue weighted by Gasteiger charge is 2.34. The molecule has 0 spiro atoms. The molecule has 0 atom stereocenters. The van der Waals surface area contributed by atoms with Crippen LogP contribution in [-0.4, -0.2) is 79.9 Å². The molecule has 0 aromatic heterocycles. The van der Waals surface area contributed by atoms with Crippen molar-refractivity contribution in [1.82, 2.24) is 15.1 Å². The second kappa shape index (κ2) is 6.41. The number of amides is 2. The van der Waals surface area contributed by atoms with Crippen LogP contribution in [-0.2, 0) is 14.3 Å². The van der Waals surface area contributed by atoms with Crippen LogP contribution in [0.4, 0.5) is 4.79 Å². The van der Waals surface area contributed by atoms with Gasteiger partial charge in [-0.1, -0.05) is 0 Å². The van der Waals surface area contributed by atoms with Gasteiger partial charge < -0.3 is 24.6 Å². The Morgan fingerprint density at radius 1 is 1.15 bits per heavy atom. The fourth-order valence-corrected chi connectivity index (χ4v) is 2.26. The summed E-state index contributed by atoms with van der Waals surface area (Å²) in [5.74, 6) is -0.0124. The predicted molar refractivity (Wildman–Crippen MR) is 72.4 cm³/mol. The molecule has 114 valence electrons. The number of piperazine rings is 1. The van der Waals surface area contributed by atoms with Gasteiger partial charge >= 0.3 is 6.09 Å². The number of nitrogens with zero attached hydrogens (tertiary/aromatic N) is 2. The van der Waals surface area contributed by atoms with Gasteiger partial charge in [-0.2, -0.15) is 0 Å². The average molecular weight is 285 g/mol. The van der Waals surface area contributed by atoms with Gasteiger partial charge in [0.25, 0.3) is 0 Å². The van der Waals surface area contributed by atoms with E-state index in [1.54, 1.807) is 16.7 Å². The largest absolute Gasteiger partial charge is 0.450 e. The fraction of sp³-hybridized carbons (Fsp3) is 0.846. The number of hydrogen-bond acceptors (Lipinski definition) is 5. The number of ether oxygens (including phenoxy) is 2. The minimum Gasteiger partial charge on any atom is -0.450 e. The lowest BCUT2D eigenvalue weighted by Crippen LogP contribution is -2.60. The highest BCUT2D eigenvalue weighted by molar-refractivity contribution is 5.78. The molecule has 2 fully saturated rings. The summed E-state index contributed by atoms with van der Waals surface area (Å²) >= 11 is 0. The van der Waals surface area contributed by atoms with Gasteiger partial charge in [-0.25, -0.2) is 4.79 Å². The maximum atomic E-state index is 12.0. The minimum absolute atomic E-state index is 0.0124. The van der Waals surface area contributed by atoms with Crippen LogP contribution in [0.2, 0.25) is 0 Å². The van der Waals surface area contributed by atoms with E-state index in [-0.39, 0.29) is 24.2 Å². The SMILES string of the molecule is CCOC(=O)N1CCN(C(=O)COC2(C)CNC2)CC1. The van der Waals surface area contributed by atoms with E-state index in [0.29, 0.717) is 32.8 Å². The molecule has 2 saturated heterocycles. The molecule has 0 aliphatic carbocycles. The fourth-order valence-electron chi connectivity index (χ4n) is 2.26. The van der Waals surface area contributed by atoms with Crippen LogP contribution in [0.15, 0.2) is 0 Å². The number of carbonyl (C=O) groups excluding carboxylic acids is 2. The van der Waals surface area contributed by atoms with E-state index in [4.69, 9.17) is 9.47 Å². The van der Waals surface area contributed by atoms with Crippen LogP contribution in [0.1, 0.15) is 13.8 Å². The van der Waals surface area contributed by atoms with Gasteiger partial charge in [0.15, 0.2) is 0 Å². The van der Waals surface area contributed by atoms with Gasteiger partial charge in [-0.15, -0.1) is 0 Å². The topological polar surface area (TPSA) is 71.1 Å². The quantitative estimate of drug-likeness (QED) is 0.765. The summed E-state index contributed by atoms with van der Waals surface area (Å²) in [6.07, 6.45) is -0.302. The summed E-state index contributed by atoms with van der Waals surface area (Å²) in [6.45, 7) is 7.95. The molecule has 2 heterocycles. The van der Waals surface area contributed by atoms with Crippen molar-refractivity contribution in [2.45, 2.75) is 19.4 Å². The molecule has 0 radical (unpaired) electrons. The highest BCUT2D eigenvalue weighted by Crippen LogP contribution is 2.15. The second-order valence-electron chi connectivity index (χ2n) is 5.41. The molecule has 2 aliphatic rings. The lowest BCUT2D eigenvalue weighted by atomic mass is 10.0. The molecule has 2 aliphatic heterocycles. The van der Waals surface area contributed by atoms with Crippen LogP contribution < -0.4 is 5.32 Å². The molecular formula is C13H23N3O4. The first-order chi connectivity index (χ1) is 9.54. The van der Waals surface area contributed by atoms with Crippen LogP contribution in [0.5, 0.6) is 0 Å². The Labute approximate surface area is 119 Å². The van der Waals surface area contributed by atoms with Crippen molar-refractivity contribution in [3.8, 4) is 0 Å². The van der Waals surface area contributed by atoms with E-state index in [1.807, 2.05) is 6.92 Å². The zero-order valence-corrected chi connectivity index (χ0v) is 12.2. The van der Waals surface area contributed by atoms with E-state index < -0.39 is 0 Å². The molecule has 0 aromatic rings. The molecule has 20 heavy (non-hydrogen) atoms. The van der Waals surface area contributed by atoms with E-state index >= 15 is 0 Å². The molecule has 7 nitrogen and oxygen atoms in total. The van der Waals surface area contributed by atoms with E-state index in [0.717, 1.165) is 13.1 Å². The second-order valence-corrected chi connectivity index (χ2v) is 5.41. The molecule has 7 heteroatoms. The molecule has 2 rings (SSSR count). The molecular weight excluding hydrogens is 262 g/mol. The normalized spacial score (nSPS) is 21.3. The first-order valence-corrected chi connectivity index (χ1v) is 7.08. The van der Waals surface area contributed by atoms with Gasteiger partial charge in [-0.3, -0.25) is 4.79 Å². The molecule has 0 bridgehead atoms. The van der Waals surface area contributed by atoms with Gasteiger partial charge in [0, 0.05) is 39.3 Å². The van der Waals surface area contributed by atoms with Crippen molar-refractivity contribution >= 4 is 12.0 Å². The molecule has 0 aromatic carbocycles. The van der Waals surface area contributed by atoms with Crippen LogP contribution in [0.25, 0.3) is 0 Å². The maximum Gasteiger partial charge on any atom is 0.409 e. The molecule has 0 saturated carbocycles. The Morgan fingerprint density at radius 2 is 1.75 bits per heavy atom. The standard InChI is InChI=1S/C13H23N3O4/c1-3-19-12(18)16-6-4-15(5-7-16)11(17)8-20-13(2)9-14-10-13/h14H,3-10H2,1-2H3. The Bertz CT molecular complexity index is 363. The Balaban J connectivity index is 1.70. The van der Waals surface area contributed by atoms with Crippen LogP contribution in [0.3, 0.4) is 0 Å². The van der Waals surface area contributed by atoms with Crippen molar-refractivity contribution in [2.24, 2.45) is 0 Å². The third-order valence-electron chi connectivity index (χ3n) is 3.70. The number of carbonyl (C=O) groups is 2. The third-order valence-corrected chi connectivity index (χ3v) is 3.70. The van der Waals surface area contributed by atoms with Gasteiger partial charge in [0.2, 0.25) is 5.91 Å². The molecule has 1 N–H and O–H groups in total. The Hall–Kier alpha value is -1.34. The summed E-state index contributed by atoms with van der Waals surface area (Å²) in [4.78, 5) is 27.0. The van der Waals surface area contributed by atoms with E-state index in [1.165, 1.54) is 0 Å². The van der Waals surface area contributed by atoms with Crippen molar-refractivity contribution in [1.29, 1.82) is 0 Å². The van der Waals surface area contributed by atoms with Crippen molar-refractivity contribution < 1.29 is 19.1 Å². The Morgan fingerprint density at radius 3 is 2.25 bits per heavy atom. The summed E-state index contributed by atoms with van der Waals surface area (Å²) in [5, 5.41) is 3.13. The van der Waals surface area contributed by atoms with E-state index in [9.17, 15) is 9.59 Å². The first-order valence-electron chi connectivity index (χ1n) is 7.08. The number of hydrogen-bond donors (Lipinski definition) is 1. The number of rotatable bonds is 4. The van der Waals surface area contributed by atoms with Crippen molar-refractivity contribution in [3.63, 3.8) is 0 Å². The minimum atomic E-state index is -0.302. The summed E-state index contributed by atoms with van der Waals surface area (Å²) in [5.41, 5.74) is -0.206. The molecule has 2 amide bonds. The van der Waals surface area contributed by atoms with Crippen molar-refractivity contribution in [3.05, 3.63) is 0 Å². The van der Waals surface area contributed by atoms with Gasteiger partial charge in [-0.05, 0) is 13.8 Å². The van der Waals surface area contributed by atoms with E-state index in [2.05, 4.69) is 5.32 Å². The highest BCUT2D eigenvalue weighted by atomic mass is 16.6.